The van der Waals surface area contributed by atoms with Crippen LogP contribution in [0.4, 0.5) is 39.5 Å². The highest BCUT2D eigenvalue weighted by molar-refractivity contribution is 5.27. The number of hydrogen-bond acceptors (Lipinski definition) is 1. The highest BCUT2D eigenvalue weighted by atomic mass is 19.4. The molecule has 0 atom stereocenters. The van der Waals surface area contributed by atoms with Crippen LogP contribution < -0.4 is 0 Å². The fourth-order valence-electron chi connectivity index (χ4n) is 2.03. The number of nitrogens with zero attached hydrogens (tertiary/aromatic N) is 1. The Labute approximate surface area is 108 Å². The van der Waals surface area contributed by atoms with Gasteiger partial charge in [0.2, 0.25) is 0 Å². The molecule has 10 heteroatoms. The molecule has 1 fully saturated rings. The lowest BCUT2D eigenvalue weighted by molar-refractivity contribution is -0.187. The smallest absolute Gasteiger partial charge is 0.367 e. The van der Waals surface area contributed by atoms with E-state index in [4.69, 9.17) is 0 Å². The van der Waals surface area contributed by atoms with E-state index in [2.05, 4.69) is 0 Å². The van der Waals surface area contributed by atoms with Crippen LogP contribution in [0.5, 0.6) is 0 Å². The third-order valence-corrected chi connectivity index (χ3v) is 2.74. The number of rotatable bonds is 1. The molecule has 1 saturated heterocycles. The minimum atomic E-state index is -6.12. The van der Waals surface area contributed by atoms with Gasteiger partial charge in [0.1, 0.15) is 5.70 Å². The standard InChI is InChI=1S/C10H10F9N/c11-8(12,13)6(9(14,15)16)7(10(17,18)19)20-4-2-1-3-5-20/h1-5H2. The van der Waals surface area contributed by atoms with E-state index in [0.29, 0.717) is 6.42 Å². The molecular formula is C10H10F9N. The molecule has 0 amide bonds. The lowest BCUT2D eigenvalue weighted by Crippen LogP contribution is -2.42. The number of alkyl halides is 9. The molecule has 0 bridgehead atoms. The van der Waals surface area contributed by atoms with Crippen LogP contribution >= 0.6 is 0 Å². The van der Waals surface area contributed by atoms with E-state index in [1.165, 1.54) is 0 Å². The summed E-state index contributed by atoms with van der Waals surface area (Å²) in [6.45, 7) is -0.963. The number of halogens is 9. The van der Waals surface area contributed by atoms with Gasteiger partial charge in [-0.25, -0.2) is 0 Å². The van der Waals surface area contributed by atoms with Gasteiger partial charge < -0.3 is 4.90 Å². The van der Waals surface area contributed by atoms with Crippen molar-refractivity contribution in [2.75, 3.05) is 13.1 Å². The van der Waals surface area contributed by atoms with Crippen molar-refractivity contribution < 1.29 is 39.5 Å². The first-order chi connectivity index (χ1) is 8.85. The van der Waals surface area contributed by atoms with E-state index < -0.39 is 42.9 Å². The van der Waals surface area contributed by atoms with Crippen molar-refractivity contribution >= 4 is 0 Å². The fourth-order valence-corrected chi connectivity index (χ4v) is 2.03. The first kappa shape index (κ1) is 17.0. The van der Waals surface area contributed by atoms with Crippen molar-refractivity contribution in [3.8, 4) is 0 Å². The summed E-state index contributed by atoms with van der Waals surface area (Å²) in [5, 5.41) is 0. The van der Waals surface area contributed by atoms with E-state index in [0.717, 1.165) is 0 Å². The van der Waals surface area contributed by atoms with Gasteiger partial charge in [-0.15, -0.1) is 0 Å². The zero-order valence-corrected chi connectivity index (χ0v) is 9.88. The molecule has 1 aliphatic rings. The maximum atomic E-state index is 12.7. The van der Waals surface area contributed by atoms with Gasteiger partial charge in [-0.05, 0) is 19.3 Å². The number of likely N-dealkylation sites (tertiary alicyclic amines) is 1. The van der Waals surface area contributed by atoms with Gasteiger partial charge in [-0.1, -0.05) is 0 Å². The average molecular weight is 315 g/mol. The van der Waals surface area contributed by atoms with Gasteiger partial charge in [-0.2, -0.15) is 39.5 Å². The Morgan fingerprint density at radius 1 is 0.600 bits per heavy atom. The minimum absolute atomic E-state index is 0.114. The molecule has 1 heterocycles. The second-order valence-corrected chi connectivity index (χ2v) is 4.26. The van der Waals surface area contributed by atoms with Crippen LogP contribution in [0.15, 0.2) is 11.3 Å². The Morgan fingerprint density at radius 2 is 1.00 bits per heavy atom. The number of hydrogen-bond donors (Lipinski definition) is 0. The molecular weight excluding hydrogens is 305 g/mol. The highest BCUT2D eigenvalue weighted by Gasteiger charge is 2.58. The zero-order valence-electron chi connectivity index (χ0n) is 9.88. The fraction of sp³-hybridized carbons (Fsp3) is 0.800. The van der Waals surface area contributed by atoms with Crippen LogP contribution in [0.3, 0.4) is 0 Å². The Kier molecular flexibility index (Phi) is 4.55. The molecule has 0 unspecified atom stereocenters. The monoisotopic (exact) mass is 315 g/mol. The number of piperidine rings is 1. The molecule has 0 N–H and O–H groups in total. The van der Waals surface area contributed by atoms with Crippen molar-refractivity contribution in [3.63, 3.8) is 0 Å². The molecule has 1 aliphatic heterocycles. The first-order valence-corrected chi connectivity index (χ1v) is 5.56. The Balaban J connectivity index is 3.47. The predicted octanol–water partition coefficient (Wildman–Crippen LogP) is 4.41. The van der Waals surface area contributed by atoms with Crippen molar-refractivity contribution in [2.24, 2.45) is 0 Å². The molecule has 0 spiro atoms. The molecule has 0 aromatic rings. The van der Waals surface area contributed by atoms with Gasteiger partial charge >= 0.3 is 18.5 Å². The largest absolute Gasteiger partial charge is 0.431 e. The molecule has 1 nitrogen and oxygen atoms in total. The van der Waals surface area contributed by atoms with Gasteiger partial charge in [0.25, 0.3) is 0 Å². The van der Waals surface area contributed by atoms with Crippen molar-refractivity contribution in [3.05, 3.63) is 11.3 Å². The van der Waals surface area contributed by atoms with Crippen LogP contribution in [0.2, 0.25) is 0 Å². The second-order valence-electron chi connectivity index (χ2n) is 4.26. The topological polar surface area (TPSA) is 3.24 Å². The van der Waals surface area contributed by atoms with E-state index in [9.17, 15) is 39.5 Å². The summed E-state index contributed by atoms with van der Waals surface area (Å²) in [6, 6.07) is 0. The quantitative estimate of drug-likeness (QED) is 0.648. The minimum Gasteiger partial charge on any atom is -0.367 e. The summed E-state index contributed by atoms with van der Waals surface area (Å²) in [5.74, 6) is 0. The predicted molar refractivity (Wildman–Crippen MR) is 50.6 cm³/mol. The Bertz CT molecular complexity index is 352. The van der Waals surface area contributed by atoms with Gasteiger partial charge in [-0.3, -0.25) is 0 Å². The molecule has 20 heavy (non-hydrogen) atoms. The first-order valence-electron chi connectivity index (χ1n) is 5.56. The summed E-state index contributed by atoms with van der Waals surface area (Å²) in [7, 11) is 0. The maximum Gasteiger partial charge on any atom is 0.431 e. The third-order valence-electron chi connectivity index (χ3n) is 2.74. The molecule has 118 valence electrons. The summed E-state index contributed by atoms with van der Waals surface area (Å²) in [6.07, 6.45) is -17.3. The van der Waals surface area contributed by atoms with Crippen molar-refractivity contribution in [1.82, 2.24) is 4.90 Å². The molecule has 0 aromatic heterocycles. The number of allylic oxidation sites excluding steroid dienone is 2. The third kappa shape index (κ3) is 3.95. The van der Waals surface area contributed by atoms with Crippen molar-refractivity contribution in [1.29, 1.82) is 0 Å². The second kappa shape index (κ2) is 5.36. The zero-order chi connectivity index (χ0) is 15.8. The summed E-state index contributed by atoms with van der Waals surface area (Å²) in [5.41, 5.74) is -6.13. The van der Waals surface area contributed by atoms with Gasteiger partial charge in [0.15, 0.2) is 5.57 Å². The van der Waals surface area contributed by atoms with E-state index in [-0.39, 0.29) is 17.7 Å². The van der Waals surface area contributed by atoms with Crippen molar-refractivity contribution in [2.45, 2.75) is 37.8 Å². The normalized spacial score (nSPS) is 18.1. The van der Waals surface area contributed by atoms with Gasteiger partial charge in [0, 0.05) is 13.1 Å². The van der Waals surface area contributed by atoms with Crippen LogP contribution in [0.25, 0.3) is 0 Å². The highest BCUT2D eigenvalue weighted by Crippen LogP contribution is 2.46. The van der Waals surface area contributed by atoms with E-state index in [1.54, 1.807) is 0 Å². The Hall–Kier alpha value is -1.09. The van der Waals surface area contributed by atoms with Crippen LogP contribution in [-0.2, 0) is 0 Å². The van der Waals surface area contributed by atoms with Crippen LogP contribution in [0.1, 0.15) is 19.3 Å². The molecule has 0 radical (unpaired) electrons. The van der Waals surface area contributed by atoms with Crippen LogP contribution in [0, 0.1) is 0 Å². The van der Waals surface area contributed by atoms with Gasteiger partial charge in [0.05, 0.1) is 0 Å². The maximum absolute atomic E-state index is 12.7. The molecule has 0 aromatic carbocycles. The average Bonchev–Trinajstić information content (AvgIpc) is 2.21. The molecule has 0 saturated carbocycles. The SMILES string of the molecule is FC(F)(F)C(=C(C(F)(F)F)C(F)(F)F)N1CCCCC1. The Morgan fingerprint density at radius 3 is 1.30 bits per heavy atom. The summed E-state index contributed by atoms with van der Waals surface area (Å²) >= 11 is 0. The molecule has 0 aliphatic carbocycles. The lowest BCUT2D eigenvalue weighted by Gasteiger charge is -2.34. The van der Waals surface area contributed by atoms with Crippen LogP contribution in [-0.4, -0.2) is 36.5 Å². The lowest BCUT2D eigenvalue weighted by atomic mass is 10.1. The summed E-state index contributed by atoms with van der Waals surface area (Å²) in [4.78, 5) is 0.125. The molecule has 1 rings (SSSR count). The van der Waals surface area contributed by atoms with E-state index >= 15 is 0 Å². The summed E-state index contributed by atoms with van der Waals surface area (Å²) < 4.78 is 113. The van der Waals surface area contributed by atoms with E-state index in [1.807, 2.05) is 0 Å².